The summed E-state index contributed by atoms with van der Waals surface area (Å²) in [7, 11) is -3.93. The van der Waals surface area contributed by atoms with Crippen molar-refractivity contribution in [3.8, 4) is 0 Å². The number of rotatable bonds is 9. The minimum absolute atomic E-state index is 0.0639. The first-order chi connectivity index (χ1) is 15.8. The maximum atomic E-state index is 12.7. The summed E-state index contributed by atoms with van der Waals surface area (Å²) in [5.41, 5.74) is 4.78. The van der Waals surface area contributed by atoms with E-state index >= 15 is 0 Å². The van der Waals surface area contributed by atoms with Gasteiger partial charge in [0.15, 0.2) is 0 Å². The maximum Gasteiger partial charge on any atom is 0.271 e. The summed E-state index contributed by atoms with van der Waals surface area (Å²) in [6.07, 6.45) is 1.53. The lowest BCUT2D eigenvalue weighted by Crippen LogP contribution is -2.21. The average molecular weight is 485 g/mol. The Balaban J connectivity index is 1.67. The lowest BCUT2D eigenvalue weighted by atomic mass is 10.2. The number of carbonyl (C=O) groups is 1. The molecule has 0 heterocycles. The van der Waals surface area contributed by atoms with Crippen molar-refractivity contribution in [2.75, 3.05) is 22.7 Å². The number of sulfonamides is 1. The third-order valence-corrected chi connectivity index (χ3v) is 6.62. The molecular formula is C24H25ClN4O3S. The second-order valence-electron chi connectivity index (χ2n) is 7.08. The summed E-state index contributed by atoms with van der Waals surface area (Å²) in [6, 6.07) is 20.0. The summed E-state index contributed by atoms with van der Waals surface area (Å²) in [6.45, 7) is 6.04. The zero-order valence-electron chi connectivity index (χ0n) is 18.3. The Morgan fingerprint density at radius 3 is 2.36 bits per heavy atom. The summed E-state index contributed by atoms with van der Waals surface area (Å²) < 4.78 is 27.9. The smallest absolute Gasteiger partial charge is 0.271 e. The lowest BCUT2D eigenvalue weighted by molar-refractivity contribution is 0.0955. The molecule has 0 bridgehead atoms. The van der Waals surface area contributed by atoms with Crippen LogP contribution in [0.4, 0.5) is 11.4 Å². The van der Waals surface area contributed by atoms with E-state index in [1.807, 2.05) is 24.3 Å². The molecule has 3 rings (SSSR count). The van der Waals surface area contributed by atoms with E-state index < -0.39 is 15.9 Å². The zero-order chi connectivity index (χ0) is 23.8. The highest BCUT2D eigenvalue weighted by Crippen LogP contribution is 2.24. The van der Waals surface area contributed by atoms with Crippen molar-refractivity contribution in [3.63, 3.8) is 0 Å². The minimum atomic E-state index is -3.93. The third kappa shape index (κ3) is 6.34. The number of hydrogen-bond acceptors (Lipinski definition) is 5. The molecule has 172 valence electrons. The van der Waals surface area contributed by atoms with Crippen LogP contribution in [0.15, 0.2) is 82.8 Å². The Morgan fingerprint density at radius 2 is 1.70 bits per heavy atom. The molecule has 1 amide bonds. The Kier molecular flexibility index (Phi) is 8.08. The topological polar surface area (TPSA) is 90.9 Å². The summed E-state index contributed by atoms with van der Waals surface area (Å²) in [5.74, 6) is -0.527. The fourth-order valence-electron chi connectivity index (χ4n) is 3.14. The number of carbonyl (C=O) groups excluding carboxylic acids is 1. The van der Waals surface area contributed by atoms with Crippen LogP contribution >= 0.6 is 11.6 Å². The van der Waals surface area contributed by atoms with E-state index in [1.54, 1.807) is 24.3 Å². The summed E-state index contributed by atoms with van der Waals surface area (Å²) in [5, 5.41) is 4.26. The molecule has 0 unspecified atom stereocenters. The lowest BCUT2D eigenvalue weighted by Gasteiger charge is -2.20. The van der Waals surface area contributed by atoms with Gasteiger partial charge in [0.1, 0.15) is 0 Å². The molecule has 0 aromatic heterocycles. The quantitative estimate of drug-likeness (QED) is 0.338. The number of anilines is 2. The molecule has 0 aliphatic rings. The van der Waals surface area contributed by atoms with Crippen LogP contribution in [0.2, 0.25) is 5.02 Å². The molecule has 0 spiro atoms. The molecule has 0 saturated heterocycles. The van der Waals surface area contributed by atoms with Gasteiger partial charge in [0.2, 0.25) is 0 Å². The van der Waals surface area contributed by atoms with Gasteiger partial charge < -0.3 is 4.90 Å². The van der Waals surface area contributed by atoms with Crippen LogP contribution in [0.1, 0.15) is 29.8 Å². The van der Waals surface area contributed by atoms with Crippen LogP contribution in [0.5, 0.6) is 0 Å². The highest BCUT2D eigenvalue weighted by molar-refractivity contribution is 7.92. The fraction of sp³-hybridized carbons (Fsp3) is 0.167. The standard InChI is InChI=1S/C24H25ClN4O3S/c1-3-29(4-2)20-14-12-18(13-15-20)17-26-27-24(30)19-8-7-9-21(16-19)33(31,32)28-23-11-6-5-10-22(23)25/h5-17,28H,3-4H2,1-2H3,(H,27,30). The fourth-order valence-corrected chi connectivity index (χ4v) is 4.51. The van der Waals surface area contributed by atoms with Gasteiger partial charge in [-0.1, -0.05) is 41.9 Å². The number of halogens is 1. The second-order valence-corrected chi connectivity index (χ2v) is 9.17. The van der Waals surface area contributed by atoms with Gasteiger partial charge in [0, 0.05) is 24.3 Å². The normalized spacial score (nSPS) is 11.4. The number of nitrogens with one attached hydrogen (secondary N) is 2. The predicted octanol–water partition coefficient (Wildman–Crippen LogP) is 4.75. The SMILES string of the molecule is CCN(CC)c1ccc(C=NNC(=O)c2cccc(S(=O)(=O)Nc3ccccc3Cl)c2)cc1. The molecule has 3 aromatic rings. The van der Waals surface area contributed by atoms with Crippen LogP contribution in [0, 0.1) is 0 Å². The molecule has 0 atom stereocenters. The molecule has 7 nitrogen and oxygen atoms in total. The first-order valence-electron chi connectivity index (χ1n) is 10.4. The Labute approximate surface area is 199 Å². The predicted molar refractivity (Wildman–Crippen MR) is 134 cm³/mol. The molecule has 0 radical (unpaired) electrons. The van der Waals surface area contributed by atoms with E-state index in [4.69, 9.17) is 11.6 Å². The van der Waals surface area contributed by atoms with Crippen LogP contribution < -0.4 is 15.0 Å². The van der Waals surface area contributed by atoms with Crippen LogP contribution in [-0.4, -0.2) is 33.6 Å². The van der Waals surface area contributed by atoms with Crippen molar-refractivity contribution in [2.24, 2.45) is 5.10 Å². The molecule has 3 aromatic carbocycles. The molecule has 0 aliphatic carbocycles. The number of amides is 1. The highest BCUT2D eigenvalue weighted by Gasteiger charge is 2.17. The third-order valence-electron chi connectivity index (χ3n) is 4.93. The number of hydrogen-bond donors (Lipinski definition) is 2. The van der Waals surface area contributed by atoms with Gasteiger partial charge in [-0.25, -0.2) is 13.8 Å². The molecular weight excluding hydrogens is 460 g/mol. The zero-order valence-corrected chi connectivity index (χ0v) is 19.9. The highest BCUT2D eigenvalue weighted by atomic mass is 35.5. The molecule has 9 heteroatoms. The van der Waals surface area contributed by atoms with E-state index in [0.717, 1.165) is 24.3 Å². The van der Waals surface area contributed by atoms with Gasteiger partial charge in [0.25, 0.3) is 15.9 Å². The van der Waals surface area contributed by atoms with Crippen molar-refractivity contribution in [1.29, 1.82) is 0 Å². The average Bonchev–Trinajstić information content (AvgIpc) is 2.82. The van der Waals surface area contributed by atoms with Crippen molar-refractivity contribution >= 4 is 45.1 Å². The van der Waals surface area contributed by atoms with E-state index in [1.165, 1.54) is 30.5 Å². The Hall–Kier alpha value is -3.36. The van der Waals surface area contributed by atoms with E-state index in [-0.39, 0.29) is 21.2 Å². The summed E-state index contributed by atoms with van der Waals surface area (Å²) >= 11 is 6.04. The van der Waals surface area contributed by atoms with Crippen molar-refractivity contribution < 1.29 is 13.2 Å². The van der Waals surface area contributed by atoms with Crippen LogP contribution in [0.3, 0.4) is 0 Å². The van der Waals surface area contributed by atoms with Crippen LogP contribution in [-0.2, 0) is 10.0 Å². The first-order valence-corrected chi connectivity index (χ1v) is 12.3. The first kappa shape index (κ1) is 24.3. The Bertz CT molecular complexity index is 1240. The second kappa shape index (κ2) is 11.0. The van der Waals surface area contributed by atoms with E-state index in [0.29, 0.717) is 0 Å². The molecule has 0 saturated carbocycles. The summed E-state index contributed by atoms with van der Waals surface area (Å²) in [4.78, 5) is 14.6. The van der Waals surface area contributed by atoms with Crippen molar-refractivity contribution in [2.45, 2.75) is 18.7 Å². The molecule has 33 heavy (non-hydrogen) atoms. The molecule has 0 aliphatic heterocycles. The molecule has 2 N–H and O–H groups in total. The number of benzene rings is 3. The van der Waals surface area contributed by atoms with E-state index in [2.05, 4.69) is 34.0 Å². The van der Waals surface area contributed by atoms with Crippen molar-refractivity contribution in [3.05, 3.63) is 88.9 Å². The largest absolute Gasteiger partial charge is 0.372 e. The number of hydrazone groups is 1. The monoisotopic (exact) mass is 484 g/mol. The van der Waals surface area contributed by atoms with Gasteiger partial charge in [-0.2, -0.15) is 5.10 Å². The van der Waals surface area contributed by atoms with Crippen LogP contribution in [0.25, 0.3) is 0 Å². The van der Waals surface area contributed by atoms with Gasteiger partial charge in [-0.15, -0.1) is 0 Å². The van der Waals surface area contributed by atoms with Crippen molar-refractivity contribution in [1.82, 2.24) is 5.43 Å². The van der Waals surface area contributed by atoms with Gasteiger partial charge >= 0.3 is 0 Å². The minimum Gasteiger partial charge on any atom is -0.372 e. The van der Waals surface area contributed by atoms with E-state index in [9.17, 15) is 13.2 Å². The number of nitrogens with zero attached hydrogens (tertiary/aromatic N) is 2. The van der Waals surface area contributed by atoms with Gasteiger partial charge in [-0.3, -0.25) is 9.52 Å². The molecule has 0 fully saturated rings. The maximum absolute atomic E-state index is 12.7. The Morgan fingerprint density at radius 1 is 1.00 bits per heavy atom. The van der Waals surface area contributed by atoms with Gasteiger partial charge in [-0.05, 0) is 61.9 Å². The van der Waals surface area contributed by atoms with Gasteiger partial charge in [0.05, 0.1) is 21.8 Å². The number of para-hydroxylation sites is 1.